The minimum atomic E-state index is -0.253. The predicted molar refractivity (Wildman–Crippen MR) is 119 cm³/mol. The number of halogens is 1. The van der Waals surface area contributed by atoms with Gasteiger partial charge in [0.1, 0.15) is 11.6 Å². The van der Waals surface area contributed by atoms with Crippen LogP contribution in [0.5, 0.6) is 5.75 Å². The van der Waals surface area contributed by atoms with Crippen molar-refractivity contribution in [2.24, 2.45) is 0 Å². The lowest BCUT2D eigenvalue weighted by Crippen LogP contribution is -1.96. The van der Waals surface area contributed by atoms with E-state index in [-0.39, 0.29) is 5.82 Å². The molecule has 0 fully saturated rings. The maximum absolute atomic E-state index is 14.6. The number of hydrogen-bond donors (Lipinski definition) is 0. The minimum Gasteiger partial charge on any atom is -0.494 e. The van der Waals surface area contributed by atoms with Gasteiger partial charge in [0.15, 0.2) is 0 Å². The molecule has 3 aromatic carbocycles. The Morgan fingerprint density at radius 2 is 1.48 bits per heavy atom. The zero-order valence-corrected chi connectivity index (χ0v) is 17.2. The molecule has 0 saturated heterocycles. The topological polar surface area (TPSA) is 9.23 Å². The van der Waals surface area contributed by atoms with E-state index in [1.807, 2.05) is 54.6 Å². The number of rotatable bonds is 7. The zero-order chi connectivity index (χ0) is 20.5. The molecule has 0 aliphatic heterocycles. The van der Waals surface area contributed by atoms with Crippen molar-refractivity contribution in [3.8, 4) is 28.7 Å². The second kappa shape index (κ2) is 10.5. The van der Waals surface area contributed by atoms with Crippen LogP contribution in [0.25, 0.3) is 11.1 Å². The lowest BCUT2D eigenvalue weighted by molar-refractivity contribution is 0.306. The summed E-state index contributed by atoms with van der Waals surface area (Å²) in [4.78, 5) is 0. The lowest BCUT2D eigenvalue weighted by Gasteiger charge is -2.05. The summed E-state index contributed by atoms with van der Waals surface area (Å²) >= 11 is 0. The lowest BCUT2D eigenvalue weighted by atomic mass is 10.0. The Balaban J connectivity index is 1.66. The van der Waals surface area contributed by atoms with Crippen molar-refractivity contribution in [1.29, 1.82) is 0 Å². The molecule has 0 atom stereocenters. The molecule has 3 aromatic rings. The van der Waals surface area contributed by atoms with Crippen molar-refractivity contribution in [2.75, 3.05) is 6.61 Å². The van der Waals surface area contributed by atoms with Gasteiger partial charge in [0, 0.05) is 16.7 Å². The van der Waals surface area contributed by atoms with E-state index in [1.54, 1.807) is 6.07 Å². The summed E-state index contributed by atoms with van der Waals surface area (Å²) in [5.74, 6) is 6.75. The van der Waals surface area contributed by atoms with E-state index in [0.717, 1.165) is 36.3 Å². The van der Waals surface area contributed by atoms with Gasteiger partial charge in [-0.2, -0.15) is 0 Å². The fraction of sp³-hybridized carbons (Fsp3) is 0.259. The first-order valence-electron chi connectivity index (χ1n) is 10.3. The first-order chi connectivity index (χ1) is 14.2. The van der Waals surface area contributed by atoms with Crippen molar-refractivity contribution in [2.45, 2.75) is 39.5 Å². The molecule has 2 heteroatoms. The summed E-state index contributed by atoms with van der Waals surface area (Å²) in [5.41, 5.74) is 4.27. The van der Waals surface area contributed by atoms with Crippen LogP contribution in [0.2, 0.25) is 0 Å². The molecular formula is C27H27FO. The summed E-state index contributed by atoms with van der Waals surface area (Å²) in [6.45, 7) is 5.03. The normalized spacial score (nSPS) is 10.3. The van der Waals surface area contributed by atoms with Crippen LogP contribution in [0, 0.1) is 17.7 Å². The van der Waals surface area contributed by atoms with Crippen LogP contribution in [0.3, 0.4) is 0 Å². The van der Waals surface area contributed by atoms with Crippen molar-refractivity contribution >= 4 is 0 Å². The van der Waals surface area contributed by atoms with Crippen LogP contribution < -0.4 is 4.74 Å². The molecule has 1 nitrogen and oxygen atoms in total. The Bertz CT molecular complexity index is 976. The maximum atomic E-state index is 14.6. The third-order valence-corrected chi connectivity index (χ3v) is 4.86. The molecule has 0 radical (unpaired) electrons. The highest BCUT2D eigenvalue weighted by molar-refractivity contribution is 5.65. The average Bonchev–Trinajstić information content (AvgIpc) is 2.76. The zero-order valence-electron chi connectivity index (χ0n) is 17.2. The Morgan fingerprint density at radius 3 is 2.14 bits per heavy atom. The Kier molecular flexibility index (Phi) is 7.47. The van der Waals surface area contributed by atoms with Gasteiger partial charge in [0.25, 0.3) is 0 Å². The number of aryl methyl sites for hydroxylation is 1. The molecule has 0 saturated carbocycles. The van der Waals surface area contributed by atoms with Gasteiger partial charge in [0.2, 0.25) is 0 Å². The van der Waals surface area contributed by atoms with Gasteiger partial charge >= 0.3 is 0 Å². The highest BCUT2D eigenvalue weighted by atomic mass is 19.1. The number of ether oxygens (including phenoxy) is 1. The molecular weight excluding hydrogens is 359 g/mol. The predicted octanol–water partition coefficient (Wildman–Crippen LogP) is 7.02. The molecule has 0 aromatic heterocycles. The molecule has 0 aliphatic carbocycles. The summed E-state index contributed by atoms with van der Waals surface area (Å²) in [7, 11) is 0. The van der Waals surface area contributed by atoms with E-state index in [9.17, 15) is 4.39 Å². The van der Waals surface area contributed by atoms with E-state index in [0.29, 0.717) is 11.1 Å². The monoisotopic (exact) mass is 386 g/mol. The summed E-state index contributed by atoms with van der Waals surface area (Å²) in [6, 6.07) is 20.9. The molecule has 29 heavy (non-hydrogen) atoms. The quantitative estimate of drug-likeness (QED) is 0.313. The maximum Gasteiger partial charge on any atom is 0.132 e. The molecule has 0 spiro atoms. The molecule has 3 rings (SSSR count). The van der Waals surface area contributed by atoms with Gasteiger partial charge < -0.3 is 4.74 Å². The van der Waals surface area contributed by atoms with Gasteiger partial charge in [-0.25, -0.2) is 4.39 Å². The second-order valence-electron chi connectivity index (χ2n) is 7.08. The van der Waals surface area contributed by atoms with E-state index in [2.05, 4.69) is 25.7 Å². The number of hydrogen-bond acceptors (Lipinski definition) is 1. The van der Waals surface area contributed by atoms with Crippen molar-refractivity contribution in [3.05, 3.63) is 89.2 Å². The van der Waals surface area contributed by atoms with Crippen molar-refractivity contribution < 1.29 is 9.13 Å². The van der Waals surface area contributed by atoms with Crippen LogP contribution in [0.4, 0.5) is 4.39 Å². The van der Waals surface area contributed by atoms with Crippen LogP contribution in [-0.4, -0.2) is 6.61 Å². The van der Waals surface area contributed by atoms with Crippen molar-refractivity contribution in [3.63, 3.8) is 0 Å². The molecule has 0 heterocycles. The summed E-state index contributed by atoms with van der Waals surface area (Å²) < 4.78 is 20.3. The Labute approximate surface area is 173 Å². The highest BCUT2D eigenvalue weighted by Crippen LogP contribution is 2.24. The molecule has 0 N–H and O–H groups in total. The highest BCUT2D eigenvalue weighted by Gasteiger charge is 2.05. The SMILES string of the molecule is CCCCCOc1ccc(C#Cc2ccc(-c3ccc(CC)cc3)c(F)c2)cc1. The van der Waals surface area contributed by atoms with E-state index >= 15 is 0 Å². The molecule has 148 valence electrons. The van der Waals surface area contributed by atoms with Gasteiger partial charge in [-0.1, -0.05) is 68.9 Å². The molecule has 0 amide bonds. The number of benzene rings is 3. The minimum absolute atomic E-state index is 0.253. The van der Waals surface area contributed by atoms with Crippen LogP contribution >= 0.6 is 0 Å². The van der Waals surface area contributed by atoms with Gasteiger partial charge in [-0.05, 0) is 60.4 Å². The van der Waals surface area contributed by atoms with Crippen LogP contribution in [-0.2, 0) is 6.42 Å². The van der Waals surface area contributed by atoms with Gasteiger partial charge in [-0.15, -0.1) is 0 Å². The number of unbranched alkanes of at least 4 members (excludes halogenated alkanes) is 2. The van der Waals surface area contributed by atoms with Gasteiger partial charge in [-0.3, -0.25) is 0 Å². The molecule has 0 bridgehead atoms. The van der Waals surface area contributed by atoms with E-state index in [1.165, 1.54) is 24.5 Å². The van der Waals surface area contributed by atoms with E-state index < -0.39 is 0 Å². The van der Waals surface area contributed by atoms with Crippen molar-refractivity contribution in [1.82, 2.24) is 0 Å². The third kappa shape index (κ3) is 5.96. The Morgan fingerprint density at radius 1 is 0.793 bits per heavy atom. The average molecular weight is 387 g/mol. The third-order valence-electron chi connectivity index (χ3n) is 4.86. The summed E-state index contributed by atoms with van der Waals surface area (Å²) in [6.07, 6.45) is 4.42. The smallest absolute Gasteiger partial charge is 0.132 e. The molecule has 0 unspecified atom stereocenters. The largest absolute Gasteiger partial charge is 0.494 e. The van der Waals surface area contributed by atoms with Gasteiger partial charge in [0.05, 0.1) is 6.61 Å². The standard InChI is InChI=1S/C27H27FO/c1-3-5-6-19-29-25-16-11-22(12-17-25)7-8-23-13-18-26(27(28)20-23)24-14-9-21(4-2)10-15-24/h9-18,20H,3-6,19H2,1-2H3. The first-order valence-corrected chi connectivity index (χ1v) is 10.3. The fourth-order valence-corrected chi connectivity index (χ4v) is 3.07. The van der Waals surface area contributed by atoms with Crippen LogP contribution in [0.1, 0.15) is 49.8 Å². The second-order valence-corrected chi connectivity index (χ2v) is 7.08. The summed E-state index contributed by atoms with van der Waals surface area (Å²) in [5, 5.41) is 0. The van der Waals surface area contributed by atoms with E-state index in [4.69, 9.17) is 4.74 Å². The first kappa shape index (κ1) is 20.7. The Hall–Kier alpha value is -3.05. The fourth-order valence-electron chi connectivity index (χ4n) is 3.07. The van der Waals surface area contributed by atoms with Crippen LogP contribution in [0.15, 0.2) is 66.7 Å². The molecule has 0 aliphatic rings.